The van der Waals surface area contributed by atoms with Gasteiger partial charge < -0.3 is 10.6 Å². The second-order valence-electron chi connectivity index (χ2n) is 4.03. The van der Waals surface area contributed by atoms with Crippen LogP contribution in [0.15, 0.2) is 36.7 Å². The highest BCUT2D eigenvalue weighted by Gasteiger charge is 2.13. The number of hydrogen-bond acceptors (Lipinski definition) is 3. The average Bonchev–Trinajstić information content (AvgIpc) is 2.44. The molecule has 0 fully saturated rings. The SMILES string of the molecule is CCNc1ccncc1C(=O)Nc1cc(F)ccc1Cl. The number of aromatic nitrogens is 1. The van der Waals surface area contributed by atoms with Gasteiger partial charge in [-0.05, 0) is 31.2 Å². The summed E-state index contributed by atoms with van der Waals surface area (Å²) in [6.45, 7) is 2.59. The number of pyridine rings is 1. The van der Waals surface area contributed by atoms with E-state index in [1.807, 2.05) is 6.92 Å². The van der Waals surface area contributed by atoms with Crippen molar-refractivity contribution in [2.45, 2.75) is 6.92 Å². The third-order valence-corrected chi connectivity index (χ3v) is 2.94. The molecule has 1 amide bonds. The zero-order chi connectivity index (χ0) is 14.5. The molecule has 1 aromatic heterocycles. The Morgan fingerprint density at radius 2 is 2.15 bits per heavy atom. The van der Waals surface area contributed by atoms with Crippen LogP contribution in [0.2, 0.25) is 5.02 Å². The van der Waals surface area contributed by atoms with Crippen molar-refractivity contribution < 1.29 is 9.18 Å². The summed E-state index contributed by atoms with van der Waals surface area (Å²) in [6.07, 6.45) is 3.03. The second-order valence-corrected chi connectivity index (χ2v) is 4.44. The van der Waals surface area contributed by atoms with E-state index in [9.17, 15) is 9.18 Å². The van der Waals surface area contributed by atoms with Crippen LogP contribution < -0.4 is 10.6 Å². The van der Waals surface area contributed by atoms with Gasteiger partial charge in [0.1, 0.15) is 5.82 Å². The van der Waals surface area contributed by atoms with Crippen LogP contribution in [0, 0.1) is 5.82 Å². The summed E-state index contributed by atoms with van der Waals surface area (Å²) in [6, 6.07) is 5.49. The molecule has 0 aliphatic rings. The molecule has 0 bridgehead atoms. The first-order valence-corrected chi connectivity index (χ1v) is 6.44. The van der Waals surface area contributed by atoms with E-state index >= 15 is 0 Å². The van der Waals surface area contributed by atoms with Crippen molar-refractivity contribution in [1.29, 1.82) is 0 Å². The smallest absolute Gasteiger partial charge is 0.259 e. The number of carbonyl (C=O) groups excluding carboxylic acids is 1. The van der Waals surface area contributed by atoms with Crippen molar-refractivity contribution in [3.05, 3.63) is 53.1 Å². The Morgan fingerprint density at radius 1 is 1.35 bits per heavy atom. The van der Waals surface area contributed by atoms with Crippen molar-refractivity contribution in [2.24, 2.45) is 0 Å². The van der Waals surface area contributed by atoms with Crippen LogP contribution >= 0.6 is 11.6 Å². The van der Waals surface area contributed by atoms with Crippen LogP contribution in [-0.2, 0) is 0 Å². The second kappa shape index (κ2) is 6.34. The molecule has 0 atom stereocenters. The lowest BCUT2D eigenvalue weighted by Gasteiger charge is -2.11. The molecule has 1 aromatic carbocycles. The first-order valence-electron chi connectivity index (χ1n) is 6.06. The van der Waals surface area contributed by atoms with Gasteiger partial charge in [-0.25, -0.2) is 4.39 Å². The van der Waals surface area contributed by atoms with Gasteiger partial charge >= 0.3 is 0 Å². The van der Waals surface area contributed by atoms with Crippen LogP contribution in [0.25, 0.3) is 0 Å². The average molecular weight is 294 g/mol. The Kier molecular flexibility index (Phi) is 4.53. The number of carbonyl (C=O) groups is 1. The number of nitrogens with zero attached hydrogens (tertiary/aromatic N) is 1. The minimum absolute atomic E-state index is 0.225. The Morgan fingerprint density at radius 3 is 2.90 bits per heavy atom. The topological polar surface area (TPSA) is 54.0 Å². The normalized spacial score (nSPS) is 10.2. The van der Waals surface area contributed by atoms with E-state index in [4.69, 9.17) is 11.6 Å². The lowest BCUT2D eigenvalue weighted by molar-refractivity contribution is 0.102. The maximum Gasteiger partial charge on any atom is 0.259 e. The fourth-order valence-corrected chi connectivity index (χ4v) is 1.87. The molecule has 2 aromatic rings. The van der Waals surface area contributed by atoms with Crippen molar-refractivity contribution in [3.63, 3.8) is 0 Å². The molecule has 2 N–H and O–H groups in total. The standard InChI is InChI=1S/C14H13ClFN3O/c1-2-18-12-5-6-17-8-10(12)14(20)19-13-7-9(16)3-4-11(13)15/h3-8H,2H2,1H3,(H,17,18)(H,19,20). The fourth-order valence-electron chi connectivity index (χ4n) is 1.70. The van der Waals surface area contributed by atoms with E-state index in [1.165, 1.54) is 24.4 Å². The van der Waals surface area contributed by atoms with E-state index in [0.29, 0.717) is 17.8 Å². The van der Waals surface area contributed by atoms with Gasteiger partial charge in [0.2, 0.25) is 0 Å². The molecule has 104 valence electrons. The molecule has 0 radical (unpaired) electrons. The zero-order valence-corrected chi connectivity index (χ0v) is 11.5. The predicted octanol–water partition coefficient (Wildman–Crippen LogP) is 3.56. The van der Waals surface area contributed by atoms with Gasteiger partial charge in [-0.15, -0.1) is 0 Å². The summed E-state index contributed by atoms with van der Waals surface area (Å²) in [5, 5.41) is 5.91. The van der Waals surface area contributed by atoms with E-state index in [0.717, 1.165) is 0 Å². The number of halogens is 2. The van der Waals surface area contributed by atoms with Crippen LogP contribution in [0.1, 0.15) is 17.3 Å². The minimum Gasteiger partial charge on any atom is -0.385 e. The zero-order valence-electron chi connectivity index (χ0n) is 10.8. The third kappa shape index (κ3) is 3.24. The van der Waals surface area contributed by atoms with E-state index < -0.39 is 11.7 Å². The fraction of sp³-hybridized carbons (Fsp3) is 0.143. The Balaban J connectivity index is 2.26. The van der Waals surface area contributed by atoms with Crippen LogP contribution in [-0.4, -0.2) is 17.4 Å². The van der Waals surface area contributed by atoms with Crippen molar-refractivity contribution in [1.82, 2.24) is 4.98 Å². The summed E-state index contributed by atoms with van der Waals surface area (Å²) in [5.41, 5.74) is 1.25. The van der Waals surface area contributed by atoms with Gasteiger partial charge in [0.25, 0.3) is 5.91 Å². The first-order chi connectivity index (χ1) is 9.61. The monoisotopic (exact) mass is 293 g/mol. The molecule has 4 nitrogen and oxygen atoms in total. The van der Waals surface area contributed by atoms with Gasteiger partial charge in [0.05, 0.1) is 22.0 Å². The van der Waals surface area contributed by atoms with E-state index in [2.05, 4.69) is 15.6 Å². The van der Waals surface area contributed by atoms with Gasteiger partial charge in [-0.2, -0.15) is 0 Å². The van der Waals surface area contributed by atoms with Crippen molar-refractivity contribution >= 4 is 28.9 Å². The molecular formula is C14H13ClFN3O. The van der Waals surface area contributed by atoms with Gasteiger partial charge in [0.15, 0.2) is 0 Å². The molecule has 0 saturated carbocycles. The van der Waals surface area contributed by atoms with E-state index in [-0.39, 0.29) is 10.7 Å². The number of amides is 1. The van der Waals surface area contributed by atoms with Crippen LogP contribution in [0.5, 0.6) is 0 Å². The summed E-state index contributed by atoms with van der Waals surface area (Å²) in [4.78, 5) is 16.1. The van der Waals surface area contributed by atoms with Crippen LogP contribution in [0.3, 0.4) is 0 Å². The molecule has 6 heteroatoms. The molecule has 2 rings (SSSR count). The largest absolute Gasteiger partial charge is 0.385 e. The summed E-state index contributed by atoms with van der Waals surface area (Å²) in [5.74, 6) is -0.871. The Labute approximate surface area is 121 Å². The number of anilines is 2. The molecule has 0 aliphatic carbocycles. The predicted molar refractivity (Wildman–Crippen MR) is 77.8 cm³/mol. The maximum atomic E-state index is 13.2. The number of benzene rings is 1. The maximum absolute atomic E-state index is 13.2. The van der Waals surface area contributed by atoms with E-state index in [1.54, 1.807) is 12.3 Å². The molecule has 0 unspecified atom stereocenters. The lowest BCUT2D eigenvalue weighted by Crippen LogP contribution is -2.15. The summed E-state index contributed by atoms with van der Waals surface area (Å²) >= 11 is 5.92. The molecule has 1 heterocycles. The highest BCUT2D eigenvalue weighted by Crippen LogP contribution is 2.24. The molecule has 0 saturated heterocycles. The van der Waals surface area contributed by atoms with Gasteiger partial charge in [-0.3, -0.25) is 9.78 Å². The van der Waals surface area contributed by atoms with Gasteiger partial charge in [0, 0.05) is 18.9 Å². The number of rotatable bonds is 4. The highest BCUT2D eigenvalue weighted by atomic mass is 35.5. The summed E-state index contributed by atoms with van der Waals surface area (Å²) < 4.78 is 13.2. The van der Waals surface area contributed by atoms with Crippen molar-refractivity contribution in [3.8, 4) is 0 Å². The quantitative estimate of drug-likeness (QED) is 0.906. The van der Waals surface area contributed by atoms with Crippen LogP contribution in [0.4, 0.5) is 15.8 Å². The molecule has 20 heavy (non-hydrogen) atoms. The minimum atomic E-state index is -0.470. The lowest BCUT2D eigenvalue weighted by atomic mass is 10.2. The third-order valence-electron chi connectivity index (χ3n) is 2.61. The summed E-state index contributed by atoms with van der Waals surface area (Å²) in [7, 11) is 0. The number of nitrogens with one attached hydrogen (secondary N) is 2. The molecular weight excluding hydrogens is 281 g/mol. The molecule has 0 aliphatic heterocycles. The first kappa shape index (κ1) is 14.3. The van der Waals surface area contributed by atoms with Gasteiger partial charge in [-0.1, -0.05) is 11.6 Å². The molecule has 0 spiro atoms. The Hall–Kier alpha value is -2.14. The number of hydrogen-bond donors (Lipinski definition) is 2. The highest BCUT2D eigenvalue weighted by molar-refractivity contribution is 6.34. The van der Waals surface area contributed by atoms with Crippen molar-refractivity contribution in [2.75, 3.05) is 17.2 Å². The Bertz CT molecular complexity index is 634.